The van der Waals surface area contributed by atoms with Gasteiger partial charge in [0.2, 0.25) is 0 Å². The number of likely N-dealkylation sites (N-methyl/N-ethyl adjacent to an activating group) is 1. The van der Waals surface area contributed by atoms with Crippen molar-refractivity contribution in [1.29, 1.82) is 0 Å². The quantitative estimate of drug-likeness (QED) is 0.938. The molecular weight excluding hydrogens is 287 g/mol. The molecule has 1 N–H and O–H groups in total. The first kappa shape index (κ1) is 14.6. The van der Waals surface area contributed by atoms with Crippen LogP contribution in [0.25, 0.3) is 10.4 Å². The zero-order valence-corrected chi connectivity index (χ0v) is 12.9. The number of piperazine rings is 1. The van der Waals surface area contributed by atoms with Crippen LogP contribution in [0.3, 0.4) is 0 Å². The van der Waals surface area contributed by atoms with Crippen LogP contribution in [0.1, 0.15) is 5.01 Å². The molecule has 1 aliphatic rings. The second kappa shape index (κ2) is 6.62. The molecule has 0 atom stereocenters. The minimum Gasteiger partial charge on any atom is -0.304 e. The third-order valence-electron chi connectivity index (χ3n) is 3.64. The second-order valence-electron chi connectivity index (χ2n) is 5.25. The van der Waals surface area contributed by atoms with Gasteiger partial charge in [0.25, 0.3) is 0 Å². The van der Waals surface area contributed by atoms with E-state index in [1.165, 1.54) is 12.1 Å². The van der Waals surface area contributed by atoms with E-state index in [4.69, 9.17) is 0 Å². The topological polar surface area (TPSA) is 31.4 Å². The molecule has 112 valence electrons. The van der Waals surface area contributed by atoms with Gasteiger partial charge in [-0.05, 0) is 24.7 Å². The van der Waals surface area contributed by atoms with E-state index in [0.29, 0.717) is 0 Å². The molecule has 1 aromatic heterocycles. The summed E-state index contributed by atoms with van der Waals surface area (Å²) in [5.74, 6) is -0.208. The monoisotopic (exact) mass is 306 g/mol. The summed E-state index contributed by atoms with van der Waals surface area (Å²) in [5.41, 5.74) is 4.44. The van der Waals surface area contributed by atoms with Crippen LogP contribution in [0.15, 0.2) is 30.5 Å². The van der Waals surface area contributed by atoms with E-state index in [1.807, 2.05) is 6.20 Å². The third-order valence-corrected chi connectivity index (χ3v) is 4.69. The Bertz CT molecular complexity index is 576. The molecule has 0 bridgehead atoms. The van der Waals surface area contributed by atoms with Crippen molar-refractivity contribution < 1.29 is 4.39 Å². The van der Waals surface area contributed by atoms with E-state index in [9.17, 15) is 4.39 Å². The molecule has 1 fully saturated rings. The number of aromatic nitrogens is 1. The lowest BCUT2D eigenvalue weighted by Gasteiger charge is -2.32. The van der Waals surface area contributed by atoms with Crippen molar-refractivity contribution in [2.24, 2.45) is 0 Å². The molecule has 0 radical (unpaired) electrons. The first-order valence-corrected chi connectivity index (χ1v) is 7.90. The molecule has 4 nitrogen and oxygen atoms in total. The van der Waals surface area contributed by atoms with Gasteiger partial charge in [0.1, 0.15) is 10.8 Å². The standard InChI is InChI=1S/C15H19FN4S/c1-19-6-8-20(9-7-19)18-11-15-17-10-14(21-15)12-2-4-13(16)5-3-12/h2-5,10,18H,6-9,11H2,1H3. The molecule has 1 aromatic carbocycles. The zero-order chi connectivity index (χ0) is 14.7. The number of nitrogens with zero attached hydrogens (tertiary/aromatic N) is 3. The van der Waals surface area contributed by atoms with Crippen LogP contribution < -0.4 is 5.43 Å². The zero-order valence-electron chi connectivity index (χ0n) is 12.1. The van der Waals surface area contributed by atoms with Gasteiger partial charge in [-0.25, -0.2) is 19.8 Å². The molecule has 0 spiro atoms. The summed E-state index contributed by atoms with van der Waals surface area (Å²) < 4.78 is 12.9. The molecule has 3 rings (SSSR count). The summed E-state index contributed by atoms with van der Waals surface area (Å²) >= 11 is 1.65. The molecule has 2 aromatic rings. The fourth-order valence-electron chi connectivity index (χ4n) is 2.28. The number of halogens is 1. The molecule has 0 saturated carbocycles. The summed E-state index contributed by atoms with van der Waals surface area (Å²) in [7, 11) is 2.15. The highest BCUT2D eigenvalue weighted by atomic mass is 32.1. The number of hydrogen-bond donors (Lipinski definition) is 1. The summed E-state index contributed by atoms with van der Waals surface area (Å²) in [4.78, 5) is 7.84. The minimum atomic E-state index is -0.208. The van der Waals surface area contributed by atoms with Gasteiger partial charge in [0.15, 0.2) is 0 Å². The summed E-state index contributed by atoms with van der Waals surface area (Å²) in [6.45, 7) is 4.99. The highest BCUT2D eigenvalue weighted by Gasteiger charge is 2.13. The Morgan fingerprint density at radius 2 is 1.90 bits per heavy atom. The van der Waals surface area contributed by atoms with Crippen LogP contribution in [-0.4, -0.2) is 48.1 Å². The average molecular weight is 306 g/mol. The average Bonchev–Trinajstić information content (AvgIpc) is 2.96. The van der Waals surface area contributed by atoms with Gasteiger partial charge >= 0.3 is 0 Å². The fourth-order valence-corrected chi connectivity index (χ4v) is 3.14. The molecule has 0 unspecified atom stereocenters. The first-order valence-electron chi connectivity index (χ1n) is 7.08. The van der Waals surface area contributed by atoms with E-state index in [0.717, 1.165) is 48.2 Å². The van der Waals surface area contributed by atoms with Gasteiger partial charge in [-0.15, -0.1) is 11.3 Å². The molecule has 2 heterocycles. The van der Waals surface area contributed by atoms with Crippen LogP contribution in [-0.2, 0) is 6.54 Å². The van der Waals surface area contributed by atoms with Crippen LogP contribution in [0.2, 0.25) is 0 Å². The molecule has 21 heavy (non-hydrogen) atoms. The van der Waals surface area contributed by atoms with E-state index < -0.39 is 0 Å². The number of nitrogens with one attached hydrogen (secondary N) is 1. The van der Waals surface area contributed by atoms with Crippen LogP contribution in [0.5, 0.6) is 0 Å². The number of hydrazine groups is 1. The Morgan fingerprint density at radius 1 is 1.19 bits per heavy atom. The van der Waals surface area contributed by atoms with Gasteiger partial charge in [-0.1, -0.05) is 12.1 Å². The number of rotatable bonds is 4. The van der Waals surface area contributed by atoms with E-state index in [2.05, 4.69) is 27.4 Å². The Morgan fingerprint density at radius 3 is 2.62 bits per heavy atom. The van der Waals surface area contributed by atoms with Gasteiger partial charge in [0, 0.05) is 32.4 Å². The maximum atomic E-state index is 12.9. The van der Waals surface area contributed by atoms with Crippen LogP contribution in [0, 0.1) is 5.82 Å². The van der Waals surface area contributed by atoms with Crippen molar-refractivity contribution in [2.45, 2.75) is 6.54 Å². The van der Waals surface area contributed by atoms with Crippen molar-refractivity contribution in [3.63, 3.8) is 0 Å². The van der Waals surface area contributed by atoms with Gasteiger partial charge in [0.05, 0.1) is 11.4 Å². The SMILES string of the molecule is CN1CCN(NCc2ncc(-c3ccc(F)cc3)s2)CC1. The van der Waals surface area contributed by atoms with Crippen molar-refractivity contribution in [1.82, 2.24) is 20.3 Å². The van der Waals surface area contributed by atoms with Crippen molar-refractivity contribution in [3.8, 4) is 10.4 Å². The summed E-state index contributed by atoms with van der Waals surface area (Å²) in [6, 6.07) is 6.55. The Balaban J connectivity index is 1.56. The lowest BCUT2D eigenvalue weighted by atomic mass is 10.2. The maximum absolute atomic E-state index is 12.9. The van der Waals surface area contributed by atoms with E-state index in [-0.39, 0.29) is 5.82 Å². The Labute approximate surface area is 128 Å². The molecule has 0 aliphatic carbocycles. The predicted octanol–water partition coefficient (Wildman–Crippen LogP) is 2.20. The Hall–Kier alpha value is -1.34. The maximum Gasteiger partial charge on any atom is 0.123 e. The van der Waals surface area contributed by atoms with E-state index >= 15 is 0 Å². The molecule has 0 amide bonds. The fraction of sp³-hybridized carbons (Fsp3) is 0.400. The largest absolute Gasteiger partial charge is 0.304 e. The minimum absolute atomic E-state index is 0.208. The molecule has 1 saturated heterocycles. The van der Waals surface area contributed by atoms with Crippen molar-refractivity contribution in [3.05, 3.63) is 41.3 Å². The van der Waals surface area contributed by atoms with Gasteiger partial charge < -0.3 is 4.90 Å². The van der Waals surface area contributed by atoms with E-state index in [1.54, 1.807) is 23.5 Å². The van der Waals surface area contributed by atoms with Crippen molar-refractivity contribution >= 4 is 11.3 Å². The molecule has 1 aliphatic heterocycles. The second-order valence-corrected chi connectivity index (χ2v) is 6.37. The Kier molecular flexibility index (Phi) is 4.60. The first-order chi connectivity index (χ1) is 10.2. The lowest BCUT2D eigenvalue weighted by molar-refractivity contribution is 0.102. The number of hydrogen-bond acceptors (Lipinski definition) is 5. The number of thiazole rings is 1. The van der Waals surface area contributed by atoms with Gasteiger partial charge in [-0.3, -0.25) is 0 Å². The predicted molar refractivity (Wildman–Crippen MR) is 83.4 cm³/mol. The number of benzene rings is 1. The van der Waals surface area contributed by atoms with Crippen LogP contribution >= 0.6 is 11.3 Å². The molecular formula is C15H19FN4S. The highest BCUT2D eigenvalue weighted by molar-refractivity contribution is 7.15. The smallest absolute Gasteiger partial charge is 0.123 e. The highest BCUT2D eigenvalue weighted by Crippen LogP contribution is 2.26. The molecule has 6 heteroatoms. The normalized spacial score (nSPS) is 17.2. The van der Waals surface area contributed by atoms with Crippen LogP contribution in [0.4, 0.5) is 4.39 Å². The van der Waals surface area contributed by atoms with Gasteiger partial charge in [-0.2, -0.15) is 0 Å². The summed E-state index contributed by atoms with van der Waals surface area (Å²) in [6.07, 6.45) is 1.86. The third kappa shape index (κ3) is 3.85. The van der Waals surface area contributed by atoms with Crippen molar-refractivity contribution in [2.75, 3.05) is 33.2 Å². The lowest BCUT2D eigenvalue weighted by Crippen LogP contribution is -2.50. The summed E-state index contributed by atoms with van der Waals surface area (Å²) in [5, 5.41) is 3.30.